The van der Waals surface area contributed by atoms with Crippen LogP contribution in [0.15, 0.2) is 54.9 Å². The molecule has 23 heavy (non-hydrogen) atoms. The third kappa shape index (κ3) is 6.45. The lowest BCUT2D eigenvalue weighted by atomic mass is 10.2. The number of hydrogen-bond donors (Lipinski definition) is 3. The van der Waals surface area contributed by atoms with Gasteiger partial charge in [-0.2, -0.15) is 0 Å². The lowest BCUT2D eigenvalue weighted by molar-refractivity contribution is 0.252. The van der Waals surface area contributed by atoms with Gasteiger partial charge >= 0.3 is 6.03 Å². The van der Waals surface area contributed by atoms with E-state index in [0.717, 1.165) is 0 Å². The van der Waals surface area contributed by atoms with Crippen LogP contribution in [0.2, 0.25) is 0 Å². The normalized spacial score (nSPS) is 11.0. The Morgan fingerprint density at radius 2 is 1.83 bits per heavy atom. The summed E-state index contributed by atoms with van der Waals surface area (Å²) in [6.45, 7) is 0.301. The molecule has 8 heteroatoms. The molecule has 0 spiro atoms. The Hall–Kier alpha value is -2.45. The molecule has 122 valence electrons. The highest BCUT2D eigenvalue weighted by atomic mass is 32.2. The molecule has 1 heterocycles. The van der Waals surface area contributed by atoms with E-state index in [1.54, 1.807) is 42.6 Å². The summed E-state index contributed by atoms with van der Waals surface area (Å²) in [5, 5.41) is 5.15. The van der Waals surface area contributed by atoms with Crippen LogP contribution in [0.1, 0.15) is 5.56 Å². The first-order chi connectivity index (χ1) is 11.1. The Morgan fingerprint density at radius 1 is 1.04 bits per heavy atom. The van der Waals surface area contributed by atoms with Crippen LogP contribution in [0.4, 0.5) is 10.5 Å². The highest BCUT2D eigenvalue weighted by molar-refractivity contribution is 7.88. The van der Waals surface area contributed by atoms with Crippen LogP contribution in [-0.4, -0.2) is 32.5 Å². The van der Waals surface area contributed by atoms with Gasteiger partial charge in [0.25, 0.3) is 0 Å². The Morgan fingerprint density at radius 3 is 2.52 bits per heavy atom. The number of anilines is 1. The second-order valence-corrected chi connectivity index (χ2v) is 6.57. The summed E-state index contributed by atoms with van der Waals surface area (Å²) in [7, 11) is -3.42. The van der Waals surface area contributed by atoms with Gasteiger partial charge in [0, 0.05) is 19.3 Å². The van der Waals surface area contributed by atoms with Crippen LogP contribution in [0.25, 0.3) is 0 Å². The van der Waals surface area contributed by atoms with E-state index >= 15 is 0 Å². The minimum atomic E-state index is -3.42. The van der Waals surface area contributed by atoms with Crippen molar-refractivity contribution in [1.29, 1.82) is 0 Å². The summed E-state index contributed by atoms with van der Waals surface area (Å²) in [6.07, 6.45) is 3.12. The number of nitrogens with zero attached hydrogens (tertiary/aromatic N) is 1. The number of nitrogens with one attached hydrogen (secondary N) is 3. The first kappa shape index (κ1) is 16.9. The third-order valence-corrected chi connectivity index (χ3v) is 4.21. The van der Waals surface area contributed by atoms with Crippen LogP contribution >= 0.6 is 0 Å². The summed E-state index contributed by atoms with van der Waals surface area (Å²) in [6, 6.07) is 11.9. The van der Waals surface area contributed by atoms with Gasteiger partial charge in [0.2, 0.25) is 10.0 Å². The van der Waals surface area contributed by atoms with Crippen molar-refractivity contribution in [1.82, 2.24) is 15.0 Å². The molecular formula is C15H18N4O3S. The zero-order valence-corrected chi connectivity index (χ0v) is 13.2. The fourth-order valence-corrected chi connectivity index (χ4v) is 2.99. The van der Waals surface area contributed by atoms with Crippen LogP contribution in [0.5, 0.6) is 0 Å². The SMILES string of the molecule is O=C(NCCNS(=O)(=O)Cc1ccccc1)Nc1cccnc1. The predicted molar refractivity (Wildman–Crippen MR) is 88.3 cm³/mol. The Balaban J connectivity index is 1.69. The highest BCUT2D eigenvalue weighted by Crippen LogP contribution is 2.03. The number of pyridine rings is 1. The average Bonchev–Trinajstić information content (AvgIpc) is 2.53. The number of hydrogen-bond acceptors (Lipinski definition) is 4. The number of benzene rings is 1. The molecule has 0 aliphatic rings. The van der Waals surface area contributed by atoms with Crippen LogP contribution < -0.4 is 15.4 Å². The Bertz CT molecular complexity index is 721. The summed E-state index contributed by atoms with van der Waals surface area (Å²) in [4.78, 5) is 15.5. The zero-order chi connectivity index (χ0) is 16.5. The lowest BCUT2D eigenvalue weighted by Gasteiger charge is -2.09. The molecule has 0 bridgehead atoms. The van der Waals surface area contributed by atoms with E-state index < -0.39 is 16.1 Å². The van der Waals surface area contributed by atoms with E-state index in [9.17, 15) is 13.2 Å². The van der Waals surface area contributed by atoms with Gasteiger partial charge in [0.1, 0.15) is 0 Å². The fourth-order valence-electron chi connectivity index (χ4n) is 1.84. The quantitative estimate of drug-likeness (QED) is 0.665. The molecule has 2 amide bonds. The molecule has 0 saturated heterocycles. The topological polar surface area (TPSA) is 100 Å². The minimum Gasteiger partial charge on any atom is -0.337 e. The molecule has 3 N–H and O–H groups in total. The van der Waals surface area contributed by atoms with E-state index in [1.165, 1.54) is 6.20 Å². The first-order valence-corrected chi connectivity index (χ1v) is 8.66. The van der Waals surface area contributed by atoms with Crippen molar-refractivity contribution in [3.05, 3.63) is 60.4 Å². The van der Waals surface area contributed by atoms with E-state index in [2.05, 4.69) is 20.3 Å². The first-order valence-electron chi connectivity index (χ1n) is 7.01. The second kappa shape index (κ2) is 8.25. The smallest absolute Gasteiger partial charge is 0.319 e. The molecule has 0 aliphatic heterocycles. The third-order valence-electron chi connectivity index (χ3n) is 2.85. The van der Waals surface area contributed by atoms with E-state index in [1.807, 2.05) is 6.07 Å². The van der Waals surface area contributed by atoms with E-state index in [-0.39, 0.29) is 18.8 Å². The van der Waals surface area contributed by atoms with Crippen molar-refractivity contribution in [2.24, 2.45) is 0 Å². The average molecular weight is 334 g/mol. The number of sulfonamides is 1. The second-order valence-electron chi connectivity index (χ2n) is 4.76. The number of rotatable bonds is 7. The van der Waals surface area contributed by atoms with Gasteiger partial charge in [0.05, 0.1) is 17.6 Å². The molecule has 0 atom stereocenters. The van der Waals surface area contributed by atoms with Gasteiger partial charge in [-0.25, -0.2) is 17.9 Å². The maximum absolute atomic E-state index is 11.9. The van der Waals surface area contributed by atoms with Gasteiger partial charge in [-0.15, -0.1) is 0 Å². The number of carbonyl (C=O) groups is 1. The summed E-state index contributed by atoms with van der Waals surface area (Å²) < 4.78 is 26.2. The van der Waals surface area contributed by atoms with Crippen molar-refractivity contribution in [3.63, 3.8) is 0 Å². The Labute approximate surface area is 135 Å². The number of carbonyl (C=O) groups excluding carboxylic acids is 1. The van der Waals surface area contributed by atoms with Crippen LogP contribution in [-0.2, 0) is 15.8 Å². The molecular weight excluding hydrogens is 316 g/mol. The molecule has 2 rings (SSSR count). The predicted octanol–water partition coefficient (Wildman–Crippen LogP) is 1.32. The molecule has 0 radical (unpaired) electrons. The molecule has 2 aromatic rings. The van der Waals surface area contributed by atoms with Gasteiger partial charge in [-0.3, -0.25) is 4.98 Å². The molecule has 7 nitrogen and oxygen atoms in total. The number of aromatic nitrogens is 1. The number of amides is 2. The zero-order valence-electron chi connectivity index (χ0n) is 12.4. The van der Waals surface area contributed by atoms with Crippen molar-refractivity contribution in [2.45, 2.75) is 5.75 Å². The molecule has 0 aliphatic carbocycles. The minimum absolute atomic E-state index is 0.0876. The van der Waals surface area contributed by atoms with Gasteiger partial charge < -0.3 is 10.6 Å². The van der Waals surface area contributed by atoms with Gasteiger partial charge in [0.15, 0.2) is 0 Å². The van der Waals surface area contributed by atoms with Crippen molar-refractivity contribution in [3.8, 4) is 0 Å². The fraction of sp³-hybridized carbons (Fsp3) is 0.200. The summed E-state index contributed by atoms with van der Waals surface area (Å²) in [5.74, 6) is -0.0876. The van der Waals surface area contributed by atoms with Crippen molar-refractivity contribution < 1.29 is 13.2 Å². The van der Waals surface area contributed by atoms with Crippen LogP contribution in [0.3, 0.4) is 0 Å². The van der Waals surface area contributed by atoms with E-state index in [4.69, 9.17) is 0 Å². The summed E-state index contributed by atoms with van der Waals surface area (Å²) >= 11 is 0. The Kier molecular flexibility index (Phi) is 6.07. The maximum atomic E-state index is 11.9. The van der Waals surface area contributed by atoms with E-state index in [0.29, 0.717) is 11.3 Å². The lowest BCUT2D eigenvalue weighted by Crippen LogP contribution is -2.37. The monoisotopic (exact) mass is 334 g/mol. The molecule has 0 unspecified atom stereocenters. The van der Waals surface area contributed by atoms with Crippen molar-refractivity contribution >= 4 is 21.7 Å². The standard InChI is InChI=1S/C15H18N4O3S/c20-15(19-14-7-4-8-16-11-14)17-9-10-18-23(21,22)12-13-5-2-1-3-6-13/h1-8,11,18H,9-10,12H2,(H2,17,19,20). The van der Waals surface area contributed by atoms with Crippen molar-refractivity contribution in [2.75, 3.05) is 18.4 Å². The molecule has 1 aromatic carbocycles. The number of urea groups is 1. The largest absolute Gasteiger partial charge is 0.337 e. The summed E-state index contributed by atoms with van der Waals surface area (Å²) in [5.41, 5.74) is 1.27. The molecule has 0 saturated carbocycles. The van der Waals surface area contributed by atoms with Gasteiger partial charge in [-0.1, -0.05) is 30.3 Å². The van der Waals surface area contributed by atoms with Gasteiger partial charge in [-0.05, 0) is 17.7 Å². The molecule has 1 aromatic heterocycles. The maximum Gasteiger partial charge on any atom is 0.319 e. The molecule has 0 fully saturated rings. The highest BCUT2D eigenvalue weighted by Gasteiger charge is 2.10. The van der Waals surface area contributed by atoms with Crippen LogP contribution in [0, 0.1) is 0 Å².